The fourth-order valence-corrected chi connectivity index (χ4v) is 23.8. The molecular weight excluding hydrogens is 490 g/mol. The van der Waals surface area contributed by atoms with Gasteiger partial charge in [-0.15, -0.1) is 24.8 Å². The van der Waals surface area contributed by atoms with Crippen LogP contribution in [0.5, 0.6) is 0 Å². The molecule has 0 saturated carbocycles. The van der Waals surface area contributed by atoms with Crippen molar-refractivity contribution in [3.05, 3.63) is 94.6 Å². The van der Waals surface area contributed by atoms with Gasteiger partial charge in [0.05, 0.1) is 0 Å². The monoisotopic (exact) mass is 516 g/mol. The van der Waals surface area contributed by atoms with Crippen LogP contribution in [0.2, 0.25) is 9.26 Å². The van der Waals surface area contributed by atoms with E-state index in [1.165, 1.54) is 21.9 Å². The van der Waals surface area contributed by atoms with E-state index in [-0.39, 0.29) is 24.8 Å². The van der Waals surface area contributed by atoms with Gasteiger partial charge in [-0.05, 0) is 0 Å². The molecule has 0 aromatic heterocycles. The minimum atomic E-state index is -3.24. The summed E-state index contributed by atoms with van der Waals surface area (Å²) in [7, 11) is 0. The summed E-state index contributed by atoms with van der Waals surface area (Å²) in [4.78, 5) is 0. The zero-order valence-electron chi connectivity index (χ0n) is 17.2. The Morgan fingerprint density at radius 2 is 1.52 bits per heavy atom. The van der Waals surface area contributed by atoms with Crippen molar-refractivity contribution < 1.29 is 17.4 Å². The second-order valence-electron chi connectivity index (χ2n) is 9.51. The van der Waals surface area contributed by atoms with E-state index < -0.39 is 17.4 Å². The van der Waals surface area contributed by atoms with E-state index in [2.05, 4.69) is 102 Å². The van der Waals surface area contributed by atoms with E-state index in [4.69, 9.17) is 0 Å². The average molecular weight is 519 g/mol. The SMILES string of the molecule is CC1=Cc2ccc3ccccc3c2[CH]1[Zr]([CH3])([CH3])(=[SiH2])[CH]1C=Cc2ccccc21.Cl.Cl. The third kappa shape index (κ3) is 3.37. The van der Waals surface area contributed by atoms with Crippen LogP contribution in [-0.4, -0.2) is 6.88 Å². The molecule has 0 fully saturated rings. The molecule has 5 rings (SSSR count). The number of fused-ring (bicyclic) bond motifs is 4. The zero-order valence-corrected chi connectivity index (χ0v) is 22.7. The fraction of sp³-hybridized carbons (Fsp3) is 0.200. The molecular formula is C25H28Cl2SiZr. The van der Waals surface area contributed by atoms with Gasteiger partial charge in [-0.3, -0.25) is 0 Å². The molecule has 0 nitrogen and oxygen atoms in total. The minimum absolute atomic E-state index is 0. The van der Waals surface area contributed by atoms with Gasteiger partial charge in [0.25, 0.3) is 0 Å². The molecule has 2 aliphatic carbocycles. The van der Waals surface area contributed by atoms with E-state index in [0.29, 0.717) is 7.25 Å². The molecule has 2 unspecified atom stereocenters. The maximum Gasteiger partial charge on any atom is -0.147 e. The normalized spacial score (nSPS) is 19.8. The fourth-order valence-electron chi connectivity index (χ4n) is 5.79. The summed E-state index contributed by atoms with van der Waals surface area (Å²) >= 11 is -3.24. The van der Waals surface area contributed by atoms with Crippen LogP contribution in [0, 0.1) is 0 Å². The molecule has 4 heteroatoms. The maximum atomic E-state index is 2.69. The third-order valence-electron chi connectivity index (χ3n) is 6.90. The van der Waals surface area contributed by atoms with Crippen molar-refractivity contribution >= 4 is 54.6 Å². The predicted molar refractivity (Wildman–Crippen MR) is 133 cm³/mol. The second-order valence-corrected chi connectivity index (χ2v) is 40.1. The number of hydrogen-bond acceptors (Lipinski definition) is 0. The van der Waals surface area contributed by atoms with Gasteiger partial charge in [0.2, 0.25) is 0 Å². The summed E-state index contributed by atoms with van der Waals surface area (Å²) < 4.78 is 6.59. The minimum Gasteiger partial charge on any atom is -0.147 e. The first-order valence-corrected chi connectivity index (χ1v) is 23.6. The molecule has 0 amide bonds. The van der Waals surface area contributed by atoms with E-state index >= 15 is 0 Å². The average Bonchev–Trinajstić information content (AvgIpc) is 3.23. The number of benzene rings is 3. The van der Waals surface area contributed by atoms with Crippen LogP contribution in [0.3, 0.4) is 0 Å². The first-order chi connectivity index (χ1) is 12.9. The summed E-state index contributed by atoms with van der Waals surface area (Å²) in [6.07, 6.45) is 7.36. The summed E-state index contributed by atoms with van der Waals surface area (Å²) in [5.41, 5.74) is 7.61. The Balaban J connectivity index is 0.00000120. The first kappa shape index (κ1) is 22.8. The van der Waals surface area contributed by atoms with Gasteiger partial charge in [0, 0.05) is 0 Å². The second kappa shape index (κ2) is 7.65. The topological polar surface area (TPSA) is 0 Å². The Labute approximate surface area is 188 Å². The van der Waals surface area contributed by atoms with Crippen molar-refractivity contribution in [3.63, 3.8) is 0 Å². The molecule has 0 N–H and O–H groups in total. The molecule has 2 aliphatic rings. The molecule has 3 aromatic rings. The molecule has 0 radical (unpaired) electrons. The van der Waals surface area contributed by atoms with Gasteiger partial charge >= 0.3 is 165 Å². The van der Waals surface area contributed by atoms with Crippen LogP contribution in [0.25, 0.3) is 22.9 Å². The Morgan fingerprint density at radius 3 is 2.31 bits per heavy atom. The molecule has 0 saturated heterocycles. The van der Waals surface area contributed by atoms with E-state index in [1.807, 2.05) is 0 Å². The smallest absolute Gasteiger partial charge is 0.147 e. The van der Waals surface area contributed by atoms with Crippen LogP contribution in [0.4, 0.5) is 0 Å². The molecule has 2 atom stereocenters. The first-order valence-electron chi connectivity index (χ1n) is 9.90. The van der Waals surface area contributed by atoms with Gasteiger partial charge in [-0.25, -0.2) is 0 Å². The number of rotatable bonds is 2. The van der Waals surface area contributed by atoms with Gasteiger partial charge in [0.15, 0.2) is 0 Å². The number of allylic oxidation sites excluding steroid dienone is 2. The molecule has 0 heterocycles. The van der Waals surface area contributed by atoms with Crippen LogP contribution < -0.4 is 0 Å². The predicted octanol–water partition coefficient (Wildman–Crippen LogP) is 7.24. The molecule has 0 bridgehead atoms. The summed E-state index contributed by atoms with van der Waals surface area (Å²) in [6.45, 7) is 4.78. The van der Waals surface area contributed by atoms with Crippen molar-refractivity contribution in [2.45, 2.75) is 23.4 Å². The number of hydrogen-bond donors (Lipinski definition) is 0. The van der Waals surface area contributed by atoms with Crippen LogP contribution >= 0.6 is 24.8 Å². The number of halogens is 2. The van der Waals surface area contributed by atoms with Crippen molar-refractivity contribution in [3.8, 4) is 0 Å². The van der Waals surface area contributed by atoms with Gasteiger partial charge in [-0.2, -0.15) is 0 Å². The zero-order chi connectivity index (χ0) is 18.8. The van der Waals surface area contributed by atoms with E-state index in [1.54, 1.807) is 16.7 Å². The molecule has 3 aromatic carbocycles. The third-order valence-corrected chi connectivity index (χ3v) is 24.7. The van der Waals surface area contributed by atoms with Crippen molar-refractivity contribution in [1.29, 1.82) is 0 Å². The van der Waals surface area contributed by atoms with Gasteiger partial charge in [0.1, 0.15) is 0 Å². The van der Waals surface area contributed by atoms with Crippen LogP contribution in [0.1, 0.15) is 36.4 Å². The van der Waals surface area contributed by atoms with Gasteiger partial charge in [-0.1, -0.05) is 0 Å². The Hall–Kier alpha value is -0.920. The maximum absolute atomic E-state index is 3.24. The standard InChI is InChI=1S/C14H11.C9H7.2CH3.2ClH.H2Si.Zr/c1-10-8-12-7-6-11-4-2-3-5-13(11)14(12)9-10;1-2-5-9-7-3-6-8(9)4-1;;;;;;/h2-9H,1H3;1-7H;2*1H3;2*1H;1H2;. The summed E-state index contributed by atoms with van der Waals surface area (Å²) in [5, 5.41) is 2.83. The van der Waals surface area contributed by atoms with E-state index in [0.717, 1.165) is 0 Å². The van der Waals surface area contributed by atoms with E-state index in [9.17, 15) is 0 Å². The molecule has 0 aliphatic heterocycles. The van der Waals surface area contributed by atoms with Crippen molar-refractivity contribution in [1.82, 2.24) is 0 Å². The molecule has 29 heavy (non-hydrogen) atoms. The quantitative estimate of drug-likeness (QED) is 0.314. The van der Waals surface area contributed by atoms with Crippen LogP contribution in [0.15, 0.2) is 72.3 Å². The molecule has 0 spiro atoms. The Kier molecular flexibility index (Phi) is 6.00. The van der Waals surface area contributed by atoms with Crippen LogP contribution in [-0.2, 0) is 17.4 Å². The largest absolute Gasteiger partial charge is 0.147 e. The summed E-state index contributed by atoms with van der Waals surface area (Å²) in [5.74, 6) is 0. The van der Waals surface area contributed by atoms with Gasteiger partial charge < -0.3 is 0 Å². The van der Waals surface area contributed by atoms with Crippen molar-refractivity contribution in [2.24, 2.45) is 0 Å². The van der Waals surface area contributed by atoms with Crippen molar-refractivity contribution in [2.75, 3.05) is 0 Å². The Morgan fingerprint density at radius 1 is 0.828 bits per heavy atom. The molecule has 150 valence electrons. The Bertz CT molecular complexity index is 1230. The summed E-state index contributed by atoms with van der Waals surface area (Å²) in [6, 6.07) is 22.6.